The van der Waals surface area contributed by atoms with Crippen LogP contribution in [0, 0.1) is 5.82 Å². The molecule has 1 rings (SSSR count). The highest BCUT2D eigenvalue weighted by atomic mass is 35.5. The highest BCUT2D eigenvalue weighted by Crippen LogP contribution is 2.24. The molecule has 0 heterocycles. The van der Waals surface area contributed by atoms with Crippen LogP contribution in [0.25, 0.3) is 0 Å². The topological polar surface area (TPSA) is 17.1 Å². The zero-order valence-electron chi connectivity index (χ0n) is 7.24. The van der Waals surface area contributed by atoms with E-state index in [1.54, 1.807) is 0 Å². The summed E-state index contributed by atoms with van der Waals surface area (Å²) in [7, 11) is 0. The largest absolute Gasteiger partial charge is 0.396 e. The Morgan fingerprint density at radius 3 is 2.40 bits per heavy atom. The molecule has 0 radical (unpaired) electrons. The summed E-state index contributed by atoms with van der Waals surface area (Å²) in [6.07, 6.45) is -6.31. The first-order valence-corrected chi connectivity index (χ1v) is 4.22. The van der Waals surface area contributed by atoms with Crippen molar-refractivity contribution in [2.45, 2.75) is 12.6 Å². The molecule has 0 aliphatic rings. The van der Waals surface area contributed by atoms with Gasteiger partial charge in [-0.2, -0.15) is 13.2 Å². The number of carbonyl (C=O) groups is 1. The minimum absolute atomic E-state index is 0.0241. The molecule has 0 N–H and O–H groups in total. The van der Waals surface area contributed by atoms with Crippen molar-refractivity contribution in [1.29, 1.82) is 0 Å². The Kier molecular flexibility index (Phi) is 3.34. The third-order valence-corrected chi connectivity index (χ3v) is 1.83. The Morgan fingerprint density at radius 2 is 1.93 bits per heavy atom. The summed E-state index contributed by atoms with van der Waals surface area (Å²) >= 11 is 5.38. The van der Waals surface area contributed by atoms with Gasteiger partial charge < -0.3 is 0 Å². The maximum atomic E-state index is 13.0. The molecule has 1 nitrogen and oxygen atoms in total. The average molecular weight is 241 g/mol. The van der Waals surface area contributed by atoms with Crippen LogP contribution in [0.2, 0.25) is 5.02 Å². The lowest BCUT2D eigenvalue weighted by molar-refractivity contribution is -0.125. The van der Waals surface area contributed by atoms with Gasteiger partial charge >= 0.3 is 6.18 Å². The van der Waals surface area contributed by atoms with Gasteiger partial charge in [0, 0.05) is 5.02 Å². The Labute approximate surface area is 87.7 Å². The van der Waals surface area contributed by atoms with E-state index in [0.717, 1.165) is 18.2 Å². The van der Waals surface area contributed by atoms with Crippen LogP contribution in [0.4, 0.5) is 17.6 Å². The Balaban J connectivity index is 2.92. The zero-order chi connectivity index (χ0) is 11.6. The number of hydrogen-bond donors (Lipinski definition) is 0. The van der Waals surface area contributed by atoms with E-state index < -0.39 is 29.8 Å². The maximum Gasteiger partial charge on any atom is 0.396 e. The number of hydrogen-bond acceptors (Lipinski definition) is 1. The van der Waals surface area contributed by atoms with Crippen molar-refractivity contribution in [1.82, 2.24) is 0 Å². The molecular formula is C9H5ClF4O. The average Bonchev–Trinajstić information content (AvgIpc) is 1.99. The summed E-state index contributed by atoms with van der Waals surface area (Å²) in [5.41, 5.74) is -0.600. The van der Waals surface area contributed by atoms with Crippen molar-refractivity contribution in [3.63, 3.8) is 0 Å². The molecule has 0 saturated heterocycles. The van der Waals surface area contributed by atoms with Gasteiger partial charge in [0.05, 0.1) is 5.56 Å². The lowest BCUT2D eigenvalue weighted by Crippen LogP contribution is -2.15. The molecule has 15 heavy (non-hydrogen) atoms. The van der Waals surface area contributed by atoms with Gasteiger partial charge in [-0.25, -0.2) is 4.39 Å². The minimum Gasteiger partial charge on any atom is -0.294 e. The second-order valence-electron chi connectivity index (χ2n) is 2.84. The molecule has 0 aliphatic carbocycles. The van der Waals surface area contributed by atoms with E-state index in [1.165, 1.54) is 0 Å². The number of Topliss-reactive ketones (excluding diaryl/α,β-unsaturated/α-hetero) is 1. The Morgan fingerprint density at radius 1 is 1.33 bits per heavy atom. The highest BCUT2D eigenvalue weighted by molar-refractivity contribution is 6.30. The molecular weight excluding hydrogens is 236 g/mol. The Hall–Kier alpha value is -1.10. The van der Waals surface area contributed by atoms with Crippen LogP contribution < -0.4 is 0 Å². The van der Waals surface area contributed by atoms with Gasteiger partial charge in [0.15, 0.2) is 5.78 Å². The number of carbonyl (C=O) groups excluding carboxylic acids is 1. The monoisotopic (exact) mass is 240 g/mol. The van der Waals surface area contributed by atoms with Crippen molar-refractivity contribution in [3.8, 4) is 0 Å². The molecule has 0 atom stereocenters. The smallest absolute Gasteiger partial charge is 0.294 e. The molecule has 0 bridgehead atoms. The van der Waals surface area contributed by atoms with E-state index in [0.29, 0.717) is 0 Å². The highest BCUT2D eigenvalue weighted by Gasteiger charge is 2.32. The number of halogens is 5. The quantitative estimate of drug-likeness (QED) is 0.570. The fraction of sp³-hybridized carbons (Fsp3) is 0.222. The fourth-order valence-corrected chi connectivity index (χ4v) is 1.15. The first-order valence-electron chi connectivity index (χ1n) is 3.84. The second-order valence-corrected chi connectivity index (χ2v) is 3.28. The first kappa shape index (κ1) is 12.0. The van der Waals surface area contributed by atoms with Crippen LogP contribution in [-0.2, 0) is 0 Å². The minimum atomic E-state index is -4.64. The molecule has 0 aromatic heterocycles. The molecule has 1 aromatic rings. The van der Waals surface area contributed by atoms with Gasteiger partial charge in [0.2, 0.25) is 0 Å². The number of alkyl halides is 3. The predicted octanol–water partition coefficient (Wildman–Crippen LogP) is 3.61. The van der Waals surface area contributed by atoms with E-state index in [2.05, 4.69) is 0 Å². The standard InChI is InChI=1S/C9H5ClF4O/c10-5-1-2-6(7(11)3-5)8(15)4-9(12,13)14/h1-3H,4H2. The van der Waals surface area contributed by atoms with Crippen LogP contribution in [0.1, 0.15) is 16.8 Å². The van der Waals surface area contributed by atoms with Crippen molar-refractivity contribution < 1.29 is 22.4 Å². The lowest BCUT2D eigenvalue weighted by Gasteiger charge is -2.06. The van der Waals surface area contributed by atoms with E-state index in [9.17, 15) is 22.4 Å². The SMILES string of the molecule is O=C(CC(F)(F)F)c1ccc(Cl)cc1F. The summed E-state index contributed by atoms with van der Waals surface area (Å²) in [4.78, 5) is 11.0. The van der Waals surface area contributed by atoms with Crippen LogP contribution in [0.3, 0.4) is 0 Å². The molecule has 82 valence electrons. The van der Waals surface area contributed by atoms with Crippen LogP contribution in [-0.4, -0.2) is 12.0 Å². The number of rotatable bonds is 2. The number of benzene rings is 1. The molecule has 0 aliphatic heterocycles. The molecule has 0 amide bonds. The Bertz CT molecular complexity index is 386. The lowest BCUT2D eigenvalue weighted by atomic mass is 10.1. The molecule has 0 fully saturated rings. The van der Waals surface area contributed by atoms with E-state index in [-0.39, 0.29) is 5.02 Å². The summed E-state index contributed by atoms with van der Waals surface area (Å²) in [5.74, 6) is -2.35. The van der Waals surface area contributed by atoms with Crippen LogP contribution in [0.15, 0.2) is 18.2 Å². The van der Waals surface area contributed by atoms with Crippen molar-refractivity contribution >= 4 is 17.4 Å². The van der Waals surface area contributed by atoms with Gasteiger partial charge in [-0.3, -0.25) is 4.79 Å². The zero-order valence-corrected chi connectivity index (χ0v) is 7.99. The summed E-state index contributed by atoms with van der Waals surface area (Å²) in [5, 5.41) is 0.0241. The fourth-order valence-electron chi connectivity index (χ4n) is 0.993. The maximum absolute atomic E-state index is 13.0. The molecule has 0 spiro atoms. The third kappa shape index (κ3) is 3.51. The van der Waals surface area contributed by atoms with Gasteiger partial charge in [-0.05, 0) is 18.2 Å². The van der Waals surface area contributed by atoms with Crippen molar-refractivity contribution in [2.24, 2.45) is 0 Å². The molecule has 0 saturated carbocycles. The first-order chi connectivity index (χ1) is 6.79. The van der Waals surface area contributed by atoms with Gasteiger partial charge in [0.25, 0.3) is 0 Å². The molecule has 6 heteroatoms. The normalized spacial score (nSPS) is 11.5. The van der Waals surface area contributed by atoms with E-state index >= 15 is 0 Å². The van der Waals surface area contributed by atoms with E-state index in [4.69, 9.17) is 11.6 Å². The summed E-state index contributed by atoms with van der Waals surface area (Å²) in [6, 6.07) is 2.89. The second kappa shape index (κ2) is 4.18. The van der Waals surface area contributed by atoms with Gasteiger partial charge in [0.1, 0.15) is 12.2 Å². The van der Waals surface area contributed by atoms with E-state index in [1.807, 2.05) is 0 Å². The van der Waals surface area contributed by atoms with Crippen molar-refractivity contribution in [2.75, 3.05) is 0 Å². The molecule has 1 aromatic carbocycles. The summed E-state index contributed by atoms with van der Waals surface area (Å²) < 4.78 is 48.5. The third-order valence-electron chi connectivity index (χ3n) is 1.59. The molecule has 0 unspecified atom stereocenters. The van der Waals surface area contributed by atoms with Gasteiger partial charge in [-0.15, -0.1) is 0 Å². The number of ketones is 1. The summed E-state index contributed by atoms with van der Waals surface area (Å²) in [6.45, 7) is 0. The van der Waals surface area contributed by atoms with Gasteiger partial charge in [-0.1, -0.05) is 11.6 Å². The van der Waals surface area contributed by atoms with Crippen LogP contribution in [0.5, 0.6) is 0 Å². The van der Waals surface area contributed by atoms with Crippen molar-refractivity contribution in [3.05, 3.63) is 34.6 Å². The van der Waals surface area contributed by atoms with Crippen LogP contribution >= 0.6 is 11.6 Å². The predicted molar refractivity (Wildman–Crippen MR) is 46.4 cm³/mol.